The van der Waals surface area contributed by atoms with Crippen molar-refractivity contribution in [3.8, 4) is 5.69 Å². The van der Waals surface area contributed by atoms with Gasteiger partial charge in [-0.3, -0.25) is 9.78 Å². The van der Waals surface area contributed by atoms with E-state index in [1.807, 2.05) is 35.1 Å². The van der Waals surface area contributed by atoms with E-state index in [2.05, 4.69) is 15.1 Å². The zero-order valence-corrected chi connectivity index (χ0v) is 12.9. The Labute approximate surface area is 138 Å². The summed E-state index contributed by atoms with van der Waals surface area (Å²) in [6.07, 6.45) is 7.16. The first kappa shape index (κ1) is 14.4. The highest BCUT2D eigenvalue weighted by atomic mass is 16.1. The highest BCUT2D eigenvalue weighted by Crippen LogP contribution is 2.43. The number of benzene rings is 1. The third-order valence-electron chi connectivity index (χ3n) is 4.12. The van der Waals surface area contributed by atoms with E-state index in [4.69, 9.17) is 11.5 Å². The van der Waals surface area contributed by atoms with Crippen molar-refractivity contribution in [3.05, 3.63) is 54.1 Å². The van der Waals surface area contributed by atoms with Crippen molar-refractivity contribution >= 4 is 22.6 Å². The Morgan fingerprint density at radius 3 is 2.79 bits per heavy atom. The highest BCUT2D eigenvalue weighted by Gasteiger charge is 2.33. The van der Waals surface area contributed by atoms with Gasteiger partial charge in [-0.15, -0.1) is 0 Å². The minimum atomic E-state index is -0.454. The van der Waals surface area contributed by atoms with E-state index in [-0.39, 0.29) is 5.96 Å². The van der Waals surface area contributed by atoms with Crippen molar-refractivity contribution in [1.82, 2.24) is 14.8 Å². The summed E-state index contributed by atoms with van der Waals surface area (Å²) in [6, 6.07) is 7.88. The van der Waals surface area contributed by atoms with Crippen LogP contribution in [0.2, 0.25) is 0 Å². The van der Waals surface area contributed by atoms with E-state index in [1.165, 1.54) is 0 Å². The minimum absolute atomic E-state index is 0.245. The van der Waals surface area contributed by atoms with Crippen LogP contribution in [0.5, 0.6) is 0 Å². The lowest BCUT2D eigenvalue weighted by Gasteiger charge is -2.10. The van der Waals surface area contributed by atoms with Gasteiger partial charge in [-0.1, -0.05) is 12.1 Å². The highest BCUT2D eigenvalue weighted by molar-refractivity contribution is 6.03. The average Bonchev–Trinajstić information content (AvgIpc) is 3.32. The third-order valence-corrected chi connectivity index (χ3v) is 4.12. The van der Waals surface area contributed by atoms with Gasteiger partial charge < -0.3 is 11.5 Å². The Kier molecular flexibility index (Phi) is 3.26. The van der Waals surface area contributed by atoms with Gasteiger partial charge in [0.1, 0.15) is 0 Å². The van der Waals surface area contributed by atoms with Crippen LogP contribution in [-0.2, 0) is 0 Å². The summed E-state index contributed by atoms with van der Waals surface area (Å²) in [5.74, 6) is -0.395. The van der Waals surface area contributed by atoms with Gasteiger partial charge in [0.05, 0.1) is 23.1 Å². The largest absolute Gasteiger partial charge is 0.370 e. The lowest BCUT2D eigenvalue weighted by molar-refractivity contribution is 0.100. The summed E-state index contributed by atoms with van der Waals surface area (Å²) in [5, 5.41) is 6.49. The second-order valence-corrected chi connectivity index (χ2v) is 5.85. The van der Waals surface area contributed by atoms with E-state index in [9.17, 15) is 4.79 Å². The molecule has 4 rings (SSSR count). The average molecular weight is 320 g/mol. The summed E-state index contributed by atoms with van der Waals surface area (Å²) >= 11 is 0. The summed E-state index contributed by atoms with van der Waals surface area (Å²) in [4.78, 5) is 20.1. The molecule has 1 amide bonds. The molecule has 3 aromatic rings. The van der Waals surface area contributed by atoms with Gasteiger partial charge in [0, 0.05) is 29.1 Å². The predicted octanol–water partition coefficient (Wildman–Crippen LogP) is 1.71. The fraction of sp³-hybridized carbons (Fsp3) is 0.176. The van der Waals surface area contributed by atoms with Crippen LogP contribution in [0, 0.1) is 0 Å². The van der Waals surface area contributed by atoms with Crippen molar-refractivity contribution in [2.75, 3.05) is 0 Å². The molecule has 4 N–H and O–H groups in total. The first-order chi connectivity index (χ1) is 11.6. The minimum Gasteiger partial charge on any atom is -0.370 e. The Bertz CT molecular complexity index is 961. The van der Waals surface area contributed by atoms with Crippen molar-refractivity contribution in [2.24, 2.45) is 16.5 Å². The molecule has 24 heavy (non-hydrogen) atoms. The number of hydrogen-bond acceptors (Lipinski definition) is 3. The molecular formula is C17H16N6O. The van der Waals surface area contributed by atoms with E-state index in [0.29, 0.717) is 11.5 Å². The second-order valence-electron chi connectivity index (χ2n) is 5.85. The summed E-state index contributed by atoms with van der Waals surface area (Å²) in [7, 11) is 0. The number of carbonyl (C=O) groups excluding carboxylic acids is 1. The molecule has 0 atom stereocenters. The number of hydrogen-bond donors (Lipinski definition) is 2. The fourth-order valence-electron chi connectivity index (χ4n) is 2.93. The quantitative estimate of drug-likeness (QED) is 0.563. The molecule has 1 saturated carbocycles. The molecule has 7 nitrogen and oxygen atoms in total. The van der Waals surface area contributed by atoms with Crippen molar-refractivity contribution < 1.29 is 4.79 Å². The van der Waals surface area contributed by atoms with Crippen LogP contribution in [0.4, 0.5) is 0 Å². The van der Waals surface area contributed by atoms with Crippen LogP contribution in [-0.4, -0.2) is 26.6 Å². The lowest BCUT2D eigenvalue weighted by atomic mass is 10.1. The number of aromatic nitrogens is 3. The number of rotatable bonds is 3. The maximum absolute atomic E-state index is 12.3. The topological polar surface area (TPSA) is 112 Å². The zero-order chi connectivity index (χ0) is 16.7. The molecule has 0 aliphatic heterocycles. The van der Waals surface area contributed by atoms with Gasteiger partial charge >= 0.3 is 0 Å². The summed E-state index contributed by atoms with van der Waals surface area (Å²) in [6.45, 7) is 0. The number of carbonyl (C=O) groups is 1. The first-order valence-electron chi connectivity index (χ1n) is 7.70. The molecule has 0 unspecified atom stereocenters. The van der Waals surface area contributed by atoms with Gasteiger partial charge in [0.25, 0.3) is 5.91 Å². The Morgan fingerprint density at radius 1 is 1.21 bits per heavy atom. The van der Waals surface area contributed by atoms with E-state index in [1.54, 1.807) is 12.4 Å². The van der Waals surface area contributed by atoms with Gasteiger partial charge in [-0.25, -0.2) is 4.68 Å². The first-order valence-corrected chi connectivity index (χ1v) is 7.70. The van der Waals surface area contributed by atoms with Crippen molar-refractivity contribution in [1.29, 1.82) is 0 Å². The molecule has 0 bridgehead atoms. The van der Waals surface area contributed by atoms with Crippen LogP contribution in [0.15, 0.2) is 47.8 Å². The molecule has 0 spiro atoms. The molecule has 0 radical (unpaired) electrons. The molecule has 1 fully saturated rings. The number of guanidine groups is 1. The lowest BCUT2D eigenvalue weighted by Crippen LogP contribution is -2.24. The monoisotopic (exact) mass is 320 g/mol. The Hall–Kier alpha value is -3.22. The van der Waals surface area contributed by atoms with Gasteiger partial charge in [-0.2, -0.15) is 10.1 Å². The number of amides is 1. The molecule has 1 aliphatic carbocycles. The Balaban J connectivity index is 1.91. The van der Waals surface area contributed by atoms with Gasteiger partial charge in [0.15, 0.2) is 5.96 Å². The number of nitrogens with two attached hydrogens (primary N) is 2. The second kappa shape index (κ2) is 5.45. The number of nitrogens with zero attached hydrogens (tertiary/aromatic N) is 4. The van der Waals surface area contributed by atoms with Crippen LogP contribution in [0.3, 0.4) is 0 Å². The molecular weight excluding hydrogens is 304 g/mol. The standard InChI is InChI=1S/C17H16N6O/c18-17(19)22-16(24)13-9-21-23(15(13)10-4-5-10)14-3-1-2-11-8-20-7-6-12(11)14/h1-3,6-10H,4-5H2,(H4,18,19,22,24). The molecule has 1 aromatic carbocycles. The third kappa shape index (κ3) is 2.40. The predicted molar refractivity (Wildman–Crippen MR) is 91.0 cm³/mol. The summed E-state index contributed by atoms with van der Waals surface area (Å²) in [5.41, 5.74) is 12.9. The van der Waals surface area contributed by atoms with Gasteiger partial charge in [0.2, 0.25) is 0 Å². The van der Waals surface area contributed by atoms with E-state index < -0.39 is 5.91 Å². The van der Waals surface area contributed by atoms with Gasteiger partial charge in [-0.05, 0) is 25.0 Å². The molecule has 7 heteroatoms. The molecule has 2 heterocycles. The number of fused-ring (bicyclic) bond motifs is 1. The van der Waals surface area contributed by atoms with Crippen molar-refractivity contribution in [3.63, 3.8) is 0 Å². The van der Waals surface area contributed by atoms with E-state index in [0.717, 1.165) is 35.0 Å². The smallest absolute Gasteiger partial charge is 0.283 e. The maximum atomic E-state index is 12.3. The SMILES string of the molecule is NC(N)=NC(=O)c1cnn(-c2cccc3cnccc23)c1C1CC1. The normalized spacial score (nSPS) is 13.8. The van der Waals surface area contributed by atoms with Crippen LogP contribution in [0.25, 0.3) is 16.5 Å². The fourth-order valence-corrected chi connectivity index (χ4v) is 2.93. The zero-order valence-electron chi connectivity index (χ0n) is 12.9. The van der Waals surface area contributed by atoms with E-state index >= 15 is 0 Å². The molecule has 120 valence electrons. The van der Waals surface area contributed by atoms with Crippen LogP contribution < -0.4 is 11.5 Å². The molecule has 1 aliphatic rings. The van der Waals surface area contributed by atoms with Crippen LogP contribution in [0.1, 0.15) is 34.8 Å². The maximum Gasteiger partial charge on any atom is 0.283 e. The number of pyridine rings is 1. The molecule has 2 aromatic heterocycles. The summed E-state index contributed by atoms with van der Waals surface area (Å²) < 4.78 is 1.83. The van der Waals surface area contributed by atoms with Crippen LogP contribution >= 0.6 is 0 Å². The molecule has 0 saturated heterocycles. The number of aliphatic imine (C=N–C) groups is 1. The Morgan fingerprint density at radius 2 is 2.04 bits per heavy atom. The van der Waals surface area contributed by atoms with Crippen molar-refractivity contribution in [2.45, 2.75) is 18.8 Å².